The molecule has 0 aliphatic carbocycles. The highest BCUT2D eigenvalue weighted by Crippen LogP contribution is 2.19. The van der Waals surface area contributed by atoms with Crippen LogP contribution in [0.4, 0.5) is 9.52 Å². The van der Waals surface area contributed by atoms with Crippen molar-refractivity contribution in [3.63, 3.8) is 0 Å². The number of carbonyl (C=O) groups excluding carboxylic acids is 1. The summed E-state index contributed by atoms with van der Waals surface area (Å²) in [5, 5.41) is 14.8. The van der Waals surface area contributed by atoms with Crippen LogP contribution in [0.25, 0.3) is 0 Å². The van der Waals surface area contributed by atoms with Gasteiger partial charge in [0.1, 0.15) is 0 Å². The van der Waals surface area contributed by atoms with E-state index in [1.807, 2.05) is 0 Å². The minimum atomic E-state index is -3.52. The van der Waals surface area contributed by atoms with Crippen LogP contribution in [0.2, 0.25) is 0 Å². The summed E-state index contributed by atoms with van der Waals surface area (Å²) < 4.78 is 43.2. The van der Waals surface area contributed by atoms with E-state index in [0.717, 1.165) is 6.20 Å². The Morgan fingerprint density at radius 3 is 2.74 bits per heavy atom. The van der Waals surface area contributed by atoms with Crippen LogP contribution in [0.5, 0.6) is 0 Å². The van der Waals surface area contributed by atoms with E-state index < -0.39 is 20.9 Å². The number of amides is 1. The fraction of sp³-hybridized carbons (Fsp3) is 0.421. The Hall–Kier alpha value is -2.41. The number of aliphatic hydroxyl groups excluding tert-OH is 1. The molecule has 9 nitrogen and oxygen atoms in total. The number of anilines is 1. The second-order valence-corrected chi connectivity index (χ2v) is 9.82. The highest BCUT2D eigenvalue weighted by atomic mass is 32.2. The second-order valence-electron chi connectivity index (χ2n) is 6.73. The molecule has 2 heterocycles. The van der Waals surface area contributed by atoms with Gasteiger partial charge in [-0.05, 0) is 25.0 Å². The minimum absolute atomic E-state index is 0.0579. The molecule has 1 aliphatic rings. The maximum atomic E-state index is 13.2. The largest absolute Gasteiger partial charge is 0.396 e. The highest BCUT2D eigenvalue weighted by molar-refractivity contribution is 7.91. The Morgan fingerprint density at radius 1 is 1.35 bits per heavy atom. The van der Waals surface area contributed by atoms with Gasteiger partial charge < -0.3 is 14.7 Å². The van der Waals surface area contributed by atoms with Gasteiger partial charge in [0, 0.05) is 18.6 Å². The molecule has 1 saturated heterocycles. The van der Waals surface area contributed by atoms with Crippen molar-refractivity contribution < 1.29 is 32.3 Å². The third-order valence-corrected chi connectivity index (χ3v) is 6.92. The second kappa shape index (κ2) is 10.8. The first-order chi connectivity index (χ1) is 14.9. The maximum absolute atomic E-state index is 13.2. The Kier molecular flexibility index (Phi) is 8.07. The zero-order valence-electron chi connectivity index (χ0n) is 16.5. The molecule has 0 bridgehead atoms. The van der Waals surface area contributed by atoms with Gasteiger partial charge in [0.2, 0.25) is 0 Å². The van der Waals surface area contributed by atoms with E-state index in [9.17, 15) is 17.6 Å². The molecule has 1 atom stereocenters. The van der Waals surface area contributed by atoms with Crippen LogP contribution < -0.4 is 5.32 Å². The number of aromatic nitrogens is 1. The molecule has 2 aromatic rings. The van der Waals surface area contributed by atoms with Crippen LogP contribution in [0.3, 0.4) is 0 Å². The number of carbonyl (C=O) groups is 1. The van der Waals surface area contributed by atoms with Gasteiger partial charge >= 0.3 is 0 Å². The number of oxime groups is 1. The van der Waals surface area contributed by atoms with Crippen molar-refractivity contribution in [2.45, 2.75) is 30.3 Å². The van der Waals surface area contributed by atoms with Crippen LogP contribution in [0, 0.1) is 5.13 Å². The molecule has 2 N–H and O–H groups in total. The number of unbranched alkanes of at least 4 members (excludes halogenated alkanes) is 1. The zero-order valence-corrected chi connectivity index (χ0v) is 18.1. The van der Waals surface area contributed by atoms with Crippen molar-refractivity contribution in [3.8, 4) is 0 Å². The lowest BCUT2D eigenvalue weighted by atomic mass is 10.1. The lowest BCUT2D eigenvalue weighted by Crippen LogP contribution is -2.25. The summed E-state index contributed by atoms with van der Waals surface area (Å²) in [6, 6.07) is 5.67. The third kappa shape index (κ3) is 6.53. The molecule has 0 radical (unpaired) electrons. The Labute approximate surface area is 182 Å². The van der Waals surface area contributed by atoms with E-state index in [2.05, 4.69) is 15.5 Å². The smallest absolute Gasteiger partial charge is 0.280 e. The van der Waals surface area contributed by atoms with Crippen molar-refractivity contribution >= 4 is 37.9 Å². The summed E-state index contributed by atoms with van der Waals surface area (Å²) in [4.78, 5) is 22.0. The first kappa shape index (κ1) is 23.3. The molecular weight excluding hydrogens is 449 g/mol. The number of nitrogens with zero attached hydrogens (tertiary/aromatic N) is 2. The SMILES string of the molecule is O=C(Nc1ncc(F)s1)/C(=N/O[C@@H]1CCOC1)c1ccc(S(=O)(=O)CCCCO)cc1. The van der Waals surface area contributed by atoms with E-state index >= 15 is 0 Å². The number of ether oxygens (including phenoxy) is 1. The third-order valence-electron chi connectivity index (χ3n) is 4.40. The number of nitrogens with one attached hydrogen (secondary N) is 1. The summed E-state index contributed by atoms with van der Waals surface area (Å²) in [7, 11) is -3.52. The topological polar surface area (TPSA) is 127 Å². The molecule has 168 valence electrons. The number of hydrogen-bond acceptors (Lipinski definition) is 9. The number of sulfone groups is 1. The number of rotatable bonds is 10. The van der Waals surface area contributed by atoms with Crippen molar-refractivity contribution in [2.24, 2.45) is 5.16 Å². The minimum Gasteiger partial charge on any atom is -0.396 e. The molecule has 0 unspecified atom stereocenters. The summed E-state index contributed by atoms with van der Waals surface area (Å²) >= 11 is 0.665. The molecule has 1 aromatic heterocycles. The Morgan fingerprint density at radius 2 is 2.13 bits per heavy atom. The molecule has 31 heavy (non-hydrogen) atoms. The molecule has 12 heteroatoms. The molecular formula is C19H22FN3O6S2. The van der Waals surface area contributed by atoms with E-state index in [1.54, 1.807) is 0 Å². The monoisotopic (exact) mass is 471 g/mol. The first-order valence-electron chi connectivity index (χ1n) is 9.57. The summed E-state index contributed by atoms with van der Waals surface area (Å²) in [5.41, 5.74) is 0.217. The van der Waals surface area contributed by atoms with Crippen molar-refractivity contribution in [2.75, 3.05) is 30.9 Å². The molecule has 0 saturated carbocycles. The van der Waals surface area contributed by atoms with Crippen molar-refractivity contribution in [1.29, 1.82) is 0 Å². The quantitative estimate of drug-likeness (QED) is 0.308. The lowest BCUT2D eigenvalue weighted by molar-refractivity contribution is -0.110. The van der Waals surface area contributed by atoms with Crippen LogP contribution in [-0.2, 0) is 24.2 Å². The number of hydrogen-bond donors (Lipinski definition) is 2. The van der Waals surface area contributed by atoms with Gasteiger partial charge in [-0.1, -0.05) is 28.6 Å². The summed E-state index contributed by atoms with van der Waals surface area (Å²) in [5.74, 6) is -0.763. The maximum Gasteiger partial charge on any atom is 0.280 e. The van der Waals surface area contributed by atoms with Gasteiger partial charge in [0.15, 0.2) is 31.9 Å². The molecule has 1 aliphatic heterocycles. The van der Waals surface area contributed by atoms with E-state index in [4.69, 9.17) is 14.7 Å². The number of benzene rings is 1. The highest BCUT2D eigenvalue weighted by Gasteiger charge is 2.22. The predicted octanol–water partition coefficient (Wildman–Crippen LogP) is 1.98. The van der Waals surface area contributed by atoms with Gasteiger partial charge in [-0.25, -0.2) is 13.4 Å². The van der Waals surface area contributed by atoms with Crippen LogP contribution in [0.1, 0.15) is 24.8 Å². The average molecular weight is 472 g/mol. The number of halogens is 1. The Bertz CT molecular complexity index is 1020. The molecule has 1 fully saturated rings. The zero-order chi connectivity index (χ0) is 22.3. The van der Waals surface area contributed by atoms with Gasteiger partial charge in [-0.15, -0.1) is 0 Å². The molecule has 1 amide bonds. The van der Waals surface area contributed by atoms with E-state index in [1.165, 1.54) is 24.3 Å². The number of thiazole rings is 1. The van der Waals surface area contributed by atoms with Crippen LogP contribution in [-0.4, -0.2) is 61.8 Å². The van der Waals surface area contributed by atoms with E-state index in [0.29, 0.717) is 49.4 Å². The van der Waals surface area contributed by atoms with Crippen LogP contribution in [0.15, 0.2) is 40.5 Å². The van der Waals surface area contributed by atoms with E-state index in [-0.39, 0.29) is 34.2 Å². The van der Waals surface area contributed by atoms with Crippen LogP contribution >= 0.6 is 11.3 Å². The number of aliphatic hydroxyl groups is 1. The molecule has 0 spiro atoms. The fourth-order valence-corrected chi connectivity index (χ4v) is 4.67. The standard InChI is InChI=1S/C19H22FN3O6S2/c20-16-11-21-19(30-16)22-18(25)17(23-29-14-7-9-28-12-14)13-3-5-15(6-4-13)31(26,27)10-2-1-8-24/h3-6,11,14,24H,1-2,7-10,12H2,(H,21,22,25)/b23-17+/t14-/m1/s1. The lowest BCUT2D eigenvalue weighted by Gasteiger charge is -2.10. The van der Waals surface area contributed by atoms with Gasteiger partial charge in [0.25, 0.3) is 5.91 Å². The van der Waals surface area contributed by atoms with Gasteiger partial charge in [-0.3, -0.25) is 10.1 Å². The predicted molar refractivity (Wildman–Crippen MR) is 112 cm³/mol. The summed E-state index contributed by atoms with van der Waals surface area (Å²) in [6.45, 7) is 0.808. The molecule has 1 aromatic carbocycles. The normalized spacial score (nSPS) is 17.0. The Balaban J connectivity index is 1.80. The van der Waals surface area contributed by atoms with Gasteiger partial charge in [-0.2, -0.15) is 4.39 Å². The summed E-state index contributed by atoms with van der Waals surface area (Å²) in [6.07, 6.45) is 2.05. The van der Waals surface area contributed by atoms with Crippen molar-refractivity contribution in [1.82, 2.24) is 4.98 Å². The average Bonchev–Trinajstić information content (AvgIpc) is 3.40. The molecule has 3 rings (SSSR count). The fourth-order valence-electron chi connectivity index (χ4n) is 2.76. The van der Waals surface area contributed by atoms with Gasteiger partial charge in [0.05, 0.1) is 30.1 Å². The van der Waals surface area contributed by atoms with Crippen molar-refractivity contribution in [3.05, 3.63) is 41.2 Å². The first-order valence-corrected chi connectivity index (χ1v) is 12.0.